The number of hydrogen-bond donors (Lipinski definition) is 1. The van der Waals surface area contributed by atoms with E-state index < -0.39 is 10.0 Å². The lowest BCUT2D eigenvalue weighted by Crippen LogP contribution is -2.40. The summed E-state index contributed by atoms with van der Waals surface area (Å²) in [6, 6.07) is 4.88. The van der Waals surface area contributed by atoms with Gasteiger partial charge in [0.2, 0.25) is 10.0 Å². The van der Waals surface area contributed by atoms with Crippen molar-refractivity contribution >= 4 is 10.0 Å². The predicted molar refractivity (Wildman–Crippen MR) is 80.0 cm³/mol. The molecule has 0 saturated heterocycles. The second kappa shape index (κ2) is 7.17. The molecular weight excluding hydrogens is 276 g/mol. The number of nitrogens with two attached hydrogens (primary N) is 1. The van der Waals surface area contributed by atoms with Gasteiger partial charge in [-0.3, -0.25) is 0 Å². The summed E-state index contributed by atoms with van der Waals surface area (Å²) in [7, 11) is -1.96. The second-order valence-electron chi connectivity index (χ2n) is 4.81. The Bertz CT molecular complexity index is 543. The fourth-order valence-corrected chi connectivity index (χ4v) is 3.88. The summed E-state index contributed by atoms with van der Waals surface area (Å²) in [5, 5.41) is 0. The van der Waals surface area contributed by atoms with Crippen LogP contribution in [0.4, 0.5) is 0 Å². The monoisotopic (exact) mass is 300 g/mol. The second-order valence-corrected chi connectivity index (χ2v) is 6.70. The van der Waals surface area contributed by atoms with Gasteiger partial charge in [-0.25, -0.2) is 8.42 Å². The van der Waals surface area contributed by atoms with Gasteiger partial charge < -0.3 is 10.5 Å². The molecule has 0 radical (unpaired) electrons. The van der Waals surface area contributed by atoms with Crippen LogP contribution in [-0.4, -0.2) is 39.0 Å². The molecule has 0 bridgehead atoms. The molecular formula is C14H24N2O3S. The highest BCUT2D eigenvalue weighted by Gasteiger charge is 2.27. The molecule has 0 spiro atoms. The van der Waals surface area contributed by atoms with E-state index in [4.69, 9.17) is 10.5 Å². The minimum atomic E-state index is -3.52. The van der Waals surface area contributed by atoms with Gasteiger partial charge in [0.15, 0.2) is 0 Å². The highest BCUT2D eigenvalue weighted by atomic mass is 32.2. The van der Waals surface area contributed by atoms with Gasteiger partial charge in [-0.05, 0) is 37.1 Å². The molecule has 1 aromatic rings. The standard InChI is InChI=1S/C14H24N2O3S/c1-5-16(12(3)10-19-4)20(17,18)14-7-6-11(2)13(8-14)9-15/h6-8,12H,5,9-10,15H2,1-4H3. The predicted octanol–water partition coefficient (Wildman–Crippen LogP) is 1.50. The summed E-state index contributed by atoms with van der Waals surface area (Å²) in [6.07, 6.45) is 0. The third-order valence-electron chi connectivity index (χ3n) is 3.36. The van der Waals surface area contributed by atoms with E-state index in [1.807, 2.05) is 20.8 Å². The first-order valence-corrected chi connectivity index (χ1v) is 8.12. The fourth-order valence-electron chi connectivity index (χ4n) is 2.21. The molecule has 0 aliphatic carbocycles. The number of ether oxygens (including phenoxy) is 1. The maximum atomic E-state index is 12.7. The van der Waals surface area contributed by atoms with E-state index in [0.29, 0.717) is 19.7 Å². The van der Waals surface area contributed by atoms with Crippen LogP contribution in [0.5, 0.6) is 0 Å². The van der Waals surface area contributed by atoms with Gasteiger partial charge in [0.25, 0.3) is 0 Å². The zero-order valence-electron chi connectivity index (χ0n) is 12.6. The normalized spacial score (nSPS) is 13.7. The van der Waals surface area contributed by atoms with Crippen molar-refractivity contribution < 1.29 is 13.2 Å². The molecule has 20 heavy (non-hydrogen) atoms. The number of likely N-dealkylation sites (N-methyl/N-ethyl adjacent to an activating group) is 1. The molecule has 0 aliphatic rings. The molecule has 1 unspecified atom stereocenters. The van der Waals surface area contributed by atoms with Crippen molar-refractivity contribution in [3.05, 3.63) is 29.3 Å². The number of rotatable bonds is 7. The molecule has 0 saturated carbocycles. The van der Waals surface area contributed by atoms with Crippen molar-refractivity contribution in [2.24, 2.45) is 5.73 Å². The lowest BCUT2D eigenvalue weighted by Gasteiger charge is -2.27. The number of methoxy groups -OCH3 is 1. The first-order valence-electron chi connectivity index (χ1n) is 6.68. The minimum Gasteiger partial charge on any atom is -0.383 e. The quantitative estimate of drug-likeness (QED) is 0.828. The maximum absolute atomic E-state index is 12.7. The molecule has 1 atom stereocenters. The third-order valence-corrected chi connectivity index (χ3v) is 5.44. The van der Waals surface area contributed by atoms with Crippen molar-refractivity contribution in [1.82, 2.24) is 4.31 Å². The van der Waals surface area contributed by atoms with E-state index in [-0.39, 0.29) is 10.9 Å². The lowest BCUT2D eigenvalue weighted by atomic mass is 10.1. The molecule has 6 heteroatoms. The maximum Gasteiger partial charge on any atom is 0.243 e. The van der Waals surface area contributed by atoms with Gasteiger partial charge in [-0.2, -0.15) is 4.31 Å². The van der Waals surface area contributed by atoms with Gasteiger partial charge >= 0.3 is 0 Å². The minimum absolute atomic E-state index is 0.211. The van der Waals surface area contributed by atoms with E-state index in [2.05, 4.69) is 0 Å². The van der Waals surface area contributed by atoms with Crippen LogP contribution >= 0.6 is 0 Å². The topological polar surface area (TPSA) is 72.6 Å². The highest BCUT2D eigenvalue weighted by molar-refractivity contribution is 7.89. The number of nitrogens with zero attached hydrogens (tertiary/aromatic N) is 1. The first-order chi connectivity index (χ1) is 9.38. The van der Waals surface area contributed by atoms with E-state index >= 15 is 0 Å². The fraction of sp³-hybridized carbons (Fsp3) is 0.571. The first kappa shape index (κ1) is 17.1. The van der Waals surface area contributed by atoms with Crippen LogP contribution in [0.25, 0.3) is 0 Å². The average Bonchev–Trinajstić information content (AvgIpc) is 2.39. The zero-order chi connectivity index (χ0) is 15.3. The molecule has 114 valence electrons. The third kappa shape index (κ3) is 3.58. The van der Waals surface area contributed by atoms with Gasteiger partial charge in [-0.1, -0.05) is 13.0 Å². The summed E-state index contributed by atoms with van der Waals surface area (Å²) < 4.78 is 31.9. The number of aryl methyl sites for hydroxylation is 1. The Hall–Kier alpha value is -0.950. The Morgan fingerprint density at radius 2 is 2.05 bits per heavy atom. The largest absolute Gasteiger partial charge is 0.383 e. The molecule has 0 aliphatic heterocycles. The number of benzene rings is 1. The Morgan fingerprint density at radius 1 is 1.40 bits per heavy atom. The molecule has 2 N–H and O–H groups in total. The molecule has 0 fully saturated rings. The Kier molecular flexibility index (Phi) is 6.13. The summed E-state index contributed by atoms with van der Waals surface area (Å²) in [6.45, 7) is 6.67. The van der Waals surface area contributed by atoms with Crippen LogP contribution in [0, 0.1) is 6.92 Å². The summed E-state index contributed by atoms with van der Waals surface area (Å²) in [5.41, 5.74) is 7.50. The number of sulfonamides is 1. The van der Waals surface area contributed by atoms with Gasteiger partial charge in [0.05, 0.1) is 11.5 Å². The molecule has 0 heterocycles. The lowest BCUT2D eigenvalue weighted by molar-refractivity contribution is 0.142. The molecule has 5 nitrogen and oxygen atoms in total. The van der Waals surface area contributed by atoms with Crippen molar-refractivity contribution in [3.8, 4) is 0 Å². The van der Waals surface area contributed by atoms with Crippen LogP contribution in [0.3, 0.4) is 0 Å². The summed E-state index contributed by atoms with van der Waals surface area (Å²) in [4.78, 5) is 0.286. The van der Waals surface area contributed by atoms with Gasteiger partial charge in [0.1, 0.15) is 0 Å². The van der Waals surface area contributed by atoms with Crippen LogP contribution in [0.1, 0.15) is 25.0 Å². The Labute approximate surface area is 121 Å². The molecule has 1 aromatic carbocycles. The highest BCUT2D eigenvalue weighted by Crippen LogP contribution is 2.21. The van der Waals surface area contributed by atoms with Crippen LogP contribution in [0.2, 0.25) is 0 Å². The van der Waals surface area contributed by atoms with Crippen LogP contribution < -0.4 is 5.73 Å². The van der Waals surface area contributed by atoms with Crippen LogP contribution in [0.15, 0.2) is 23.1 Å². The smallest absolute Gasteiger partial charge is 0.243 e. The molecule has 0 aromatic heterocycles. The molecule has 1 rings (SSSR count). The van der Waals surface area contributed by atoms with Crippen molar-refractivity contribution in [3.63, 3.8) is 0 Å². The van der Waals surface area contributed by atoms with E-state index in [9.17, 15) is 8.42 Å². The van der Waals surface area contributed by atoms with Crippen LogP contribution in [-0.2, 0) is 21.3 Å². The van der Waals surface area contributed by atoms with E-state index in [1.54, 1.807) is 25.3 Å². The van der Waals surface area contributed by atoms with Crippen molar-refractivity contribution in [1.29, 1.82) is 0 Å². The number of hydrogen-bond acceptors (Lipinski definition) is 4. The summed E-state index contributed by atoms with van der Waals surface area (Å²) in [5.74, 6) is 0. The zero-order valence-corrected chi connectivity index (χ0v) is 13.4. The summed E-state index contributed by atoms with van der Waals surface area (Å²) >= 11 is 0. The van der Waals surface area contributed by atoms with E-state index in [1.165, 1.54) is 4.31 Å². The van der Waals surface area contributed by atoms with Gasteiger partial charge in [0, 0.05) is 26.2 Å². The molecule has 0 amide bonds. The van der Waals surface area contributed by atoms with Crippen molar-refractivity contribution in [2.45, 2.75) is 38.3 Å². The van der Waals surface area contributed by atoms with Gasteiger partial charge in [-0.15, -0.1) is 0 Å². The Balaban J connectivity index is 3.20. The Morgan fingerprint density at radius 3 is 2.55 bits per heavy atom. The van der Waals surface area contributed by atoms with E-state index in [0.717, 1.165) is 11.1 Å². The average molecular weight is 300 g/mol. The SMILES string of the molecule is CCN(C(C)COC)S(=O)(=O)c1ccc(C)c(CN)c1. The van der Waals surface area contributed by atoms with Crippen molar-refractivity contribution in [2.75, 3.05) is 20.3 Å².